The van der Waals surface area contributed by atoms with Gasteiger partial charge in [-0.25, -0.2) is 13.8 Å². The normalized spacial score (nSPS) is 24.0. The lowest BCUT2D eigenvalue weighted by molar-refractivity contribution is -0.0479. The van der Waals surface area contributed by atoms with Gasteiger partial charge in [-0.2, -0.15) is 0 Å². The highest BCUT2D eigenvalue weighted by Crippen LogP contribution is 2.45. The number of ether oxygens (including phenoxy) is 2. The molecule has 0 aromatic carbocycles. The highest BCUT2D eigenvalue weighted by Gasteiger charge is 2.56. The van der Waals surface area contributed by atoms with Crippen molar-refractivity contribution >= 4 is 0 Å². The molecular formula is C24H25F2N5O2. The second-order valence-corrected chi connectivity index (χ2v) is 8.71. The number of pyridine rings is 2. The van der Waals surface area contributed by atoms with Crippen molar-refractivity contribution in [1.29, 1.82) is 0 Å². The third-order valence-electron chi connectivity index (χ3n) is 6.54. The number of halogens is 2. The molecule has 5 rings (SSSR count). The van der Waals surface area contributed by atoms with Gasteiger partial charge in [0.1, 0.15) is 11.8 Å². The molecule has 3 aromatic heterocycles. The molecule has 172 valence electrons. The van der Waals surface area contributed by atoms with E-state index in [2.05, 4.69) is 20.2 Å². The van der Waals surface area contributed by atoms with Gasteiger partial charge >= 0.3 is 0 Å². The molecule has 3 atom stereocenters. The molecule has 3 unspecified atom stereocenters. The molecule has 2 fully saturated rings. The number of hydrogen-bond acceptors (Lipinski definition) is 7. The summed E-state index contributed by atoms with van der Waals surface area (Å²) in [6.07, 6.45) is 2.17. The molecule has 7 nitrogen and oxygen atoms in total. The van der Waals surface area contributed by atoms with Crippen LogP contribution in [0.3, 0.4) is 0 Å². The molecule has 0 saturated carbocycles. The van der Waals surface area contributed by atoms with E-state index in [4.69, 9.17) is 9.47 Å². The van der Waals surface area contributed by atoms with E-state index in [1.165, 1.54) is 0 Å². The summed E-state index contributed by atoms with van der Waals surface area (Å²) >= 11 is 0. The Bertz CT molecular complexity index is 1160. The zero-order chi connectivity index (χ0) is 23.2. The lowest BCUT2D eigenvalue weighted by atomic mass is 10.00. The van der Waals surface area contributed by atoms with Crippen LogP contribution >= 0.6 is 0 Å². The predicted molar refractivity (Wildman–Crippen MR) is 118 cm³/mol. The summed E-state index contributed by atoms with van der Waals surface area (Å²) in [5.74, 6) is -1.87. The van der Waals surface area contributed by atoms with Gasteiger partial charge in [0.05, 0.1) is 18.8 Å². The molecule has 33 heavy (non-hydrogen) atoms. The van der Waals surface area contributed by atoms with Crippen LogP contribution in [-0.4, -0.2) is 63.3 Å². The zero-order valence-electron chi connectivity index (χ0n) is 18.7. The lowest BCUT2D eigenvalue weighted by Crippen LogP contribution is -2.47. The summed E-state index contributed by atoms with van der Waals surface area (Å²) in [6, 6.07) is 10.2. The third kappa shape index (κ3) is 4.13. The number of nitrogens with zero attached hydrogens (tertiary/aromatic N) is 5. The van der Waals surface area contributed by atoms with E-state index in [0.717, 1.165) is 16.8 Å². The molecule has 2 aliphatic rings. The summed E-state index contributed by atoms with van der Waals surface area (Å²) in [5, 5.41) is 8.40. The van der Waals surface area contributed by atoms with Gasteiger partial charge in [-0.3, -0.25) is 9.88 Å². The van der Waals surface area contributed by atoms with Crippen molar-refractivity contribution in [2.24, 2.45) is 0 Å². The van der Waals surface area contributed by atoms with Gasteiger partial charge in [-0.1, -0.05) is 0 Å². The van der Waals surface area contributed by atoms with Crippen molar-refractivity contribution in [1.82, 2.24) is 25.1 Å². The molecule has 5 heterocycles. The van der Waals surface area contributed by atoms with Crippen LogP contribution in [-0.2, 0) is 0 Å². The number of aryl methyl sites for hydroxylation is 1. The minimum Gasteiger partial charge on any atom is -0.481 e. The molecule has 3 aromatic rings. The molecule has 0 amide bonds. The van der Waals surface area contributed by atoms with Crippen molar-refractivity contribution < 1.29 is 18.3 Å². The van der Waals surface area contributed by atoms with Gasteiger partial charge in [-0.05, 0) is 49.9 Å². The largest absolute Gasteiger partial charge is 0.481 e. The lowest BCUT2D eigenvalue weighted by Gasteiger charge is -2.36. The van der Waals surface area contributed by atoms with Crippen molar-refractivity contribution in [2.45, 2.75) is 50.3 Å². The van der Waals surface area contributed by atoms with Gasteiger partial charge in [0, 0.05) is 48.8 Å². The molecule has 9 heteroatoms. The Balaban J connectivity index is 1.32. The highest BCUT2D eigenvalue weighted by atomic mass is 19.3. The average molecular weight is 453 g/mol. The fraction of sp³-hybridized carbons (Fsp3) is 0.417. The second-order valence-electron chi connectivity index (χ2n) is 8.71. The maximum Gasteiger partial charge on any atom is 0.264 e. The zero-order valence-corrected chi connectivity index (χ0v) is 18.7. The van der Waals surface area contributed by atoms with Crippen molar-refractivity contribution in [3.63, 3.8) is 0 Å². The van der Waals surface area contributed by atoms with Gasteiger partial charge in [0.15, 0.2) is 0 Å². The summed E-state index contributed by atoms with van der Waals surface area (Å²) in [5.41, 5.74) is 3.89. The van der Waals surface area contributed by atoms with Crippen LogP contribution in [0.1, 0.15) is 25.0 Å². The molecule has 2 bridgehead atoms. The van der Waals surface area contributed by atoms with E-state index >= 15 is 0 Å². The molecule has 0 N–H and O–H groups in total. The number of hydrogen-bond donors (Lipinski definition) is 0. The molecule has 0 spiro atoms. The van der Waals surface area contributed by atoms with Gasteiger partial charge in [-0.15, -0.1) is 10.2 Å². The Labute approximate surface area is 190 Å². The van der Waals surface area contributed by atoms with Crippen molar-refractivity contribution in [3.8, 4) is 34.3 Å². The Kier molecular flexibility index (Phi) is 5.44. The van der Waals surface area contributed by atoms with Crippen molar-refractivity contribution in [2.75, 3.05) is 14.2 Å². The standard InChI is InChI=1S/C24H25F2N5O2/c1-14-10-15(8-9-27-14)18-4-5-19(28-23(18)32-3)20-6-7-22(30-29-20)33-17-11-16-13-24(25,26)21(12-17)31(16)2/h4-10,16-17,21H,11-13H2,1-3H3. The van der Waals surface area contributed by atoms with Crippen LogP contribution in [0.5, 0.6) is 11.8 Å². The molecule has 2 aliphatic heterocycles. The SMILES string of the molecule is COc1nc(-c2ccc(OC3CC4CC(F)(F)C(C3)N4C)nn2)ccc1-c1ccnc(C)c1. The van der Waals surface area contributed by atoms with Crippen LogP contribution in [0.4, 0.5) is 8.78 Å². The Hall–Kier alpha value is -3.20. The quantitative estimate of drug-likeness (QED) is 0.574. The number of fused-ring (bicyclic) bond motifs is 2. The number of aromatic nitrogens is 4. The summed E-state index contributed by atoms with van der Waals surface area (Å²) in [7, 11) is 3.34. The highest BCUT2D eigenvalue weighted by molar-refractivity contribution is 5.71. The number of methoxy groups -OCH3 is 1. The number of alkyl halides is 2. The van der Waals surface area contributed by atoms with E-state index < -0.39 is 12.0 Å². The minimum absolute atomic E-state index is 0.110. The van der Waals surface area contributed by atoms with E-state index in [0.29, 0.717) is 29.6 Å². The molecule has 2 saturated heterocycles. The van der Waals surface area contributed by atoms with Gasteiger partial charge < -0.3 is 9.47 Å². The first-order valence-corrected chi connectivity index (χ1v) is 10.9. The maximum absolute atomic E-state index is 14.2. The van der Waals surface area contributed by atoms with Crippen LogP contribution < -0.4 is 9.47 Å². The molecule has 0 aliphatic carbocycles. The van der Waals surface area contributed by atoms with Crippen LogP contribution in [0.15, 0.2) is 42.6 Å². The summed E-state index contributed by atoms with van der Waals surface area (Å²) < 4.78 is 39.8. The average Bonchev–Trinajstić information content (AvgIpc) is 2.92. The van der Waals surface area contributed by atoms with Gasteiger partial charge in [0.2, 0.25) is 11.8 Å². The minimum atomic E-state index is -2.67. The number of piperidine rings is 1. The third-order valence-corrected chi connectivity index (χ3v) is 6.54. The van der Waals surface area contributed by atoms with Crippen LogP contribution in [0.2, 0.25) is 0 Å². The fourth-order valence-corrected chi connectivity index (χ4v) is 4.84. The Morgan fingerprint density at radius 2 is 1.88 bits per heavy atom. The van der Waals surface area contributed by atoms with Crippen molar-refractivity contribution in [3.05, 3.63) is 48.3 Å². The first-order chi connectivity index (χ1) is 15.8. The van der Waals surface area contributed by atoms with E-state index in [1.54, 1.807) is 37.4 Å². The predicted octanol–water partition coefficient (Wildman–Crippen LogP) is 4.17. The first-order valence-electron chi connectivity index (χ1n) is 10.9. The summed E-state index contributed by atoms with van der Waals surface area (Å²) in [4.78, 5) is 10.6. The Morgan fingerprint density at radius 1 is 1.06 bits per heavy atom. The number of rotatable bonds is 5. The topological polar surface area (TPSA) is 73.3 Å². The second kappa shape index (κ2) is 8.30. The van der Waals surface area contributed by atoms with E-state index in [-0.39, 0.29) is 25.0 Å². The van der Waals surface area contributed by atoms with E-state index in [9.17, 15) is 8.78 Å². The van der Waals surface area contributed by atoms with Crippen LogP contribution in [0, 0.1) is 6.92 Å². The monoisotopic (exact) mass is 453 g/mol. The first kappa shape index (κ1) is 21.6. The Morgan fingerprint density at radius 3 is 2.58 bits per heavy atom. The smallest absolute Gasteiger partial charge is 0.264 e. The fourth-order valence-electron chi connectivity index (χ4n) is 4.84. The van der Waals surface area contributed by atoms with Crippen LogP contribution in [0.25, 0.3) is 22.5 Å². The maximum atomic E-state index is 14.2. The summed E-state index contributed by atoms with van der Waals surface area (Å²) in [6.45, 7) is 1.93. The van der Waals surface area contributed by atoms with E-state index in [1.807, 2.05) is 31.2 Å². The van der Waals surface area contributed by atoms with Gasteiger partial charge in [0.25, 0.3) is 5.92 Å². The molecule has 0 radical (unpaired) electrons. The molecular weight excluding hydrogens is 428 g/mol.